The van der Waals surface area contributed by atoms with Crippen molar-refractivity contribution >= 4 is 0 Å². The monoisotopic (exact) mass is 258 g/mol. The zero-order chi connectivity index (χ0) is 13.1. The molecule has 1 fully saturated rings. The van der Waals surface area contributed by atoms with Crippen molar-refractivity contribution in [2.75, 3.05) is 13.1 Å². The van der Waals surface area contributed by atoms with E-state index in [4.69, 9.17) is 0 Å². The van der Waals surface area contributed by atoms with E-state index < -0.39 is 0 Å². The zero-order valence-corrected chi connectivity index (χ0v) is 12.1. The van der Waals surface area contributed by atoms with Crippen molar-refractivity contribution in [1.29, 1.82) is 0 Å². The highest BCUT2D eigenvalue weighted by Gasteiger charge is 2.25. The third-order valence-corrected chi connectivity index (χ3v) is 4.87. The fourth-order valence-corrected chi connectivity index (χ4v) is 3.74. The summed E-state index contributed by atoms with van der Waals surface area (Å²) >= 11 is 0. The fourth-order valence-electron chi connectivity index (χ4n) is 3.74. The molecule has 104 valence electrons. The zero-order valence-electron chi connectivity index (χ0n) is 12.1. The molecule has 3 rings (SSSR count). The number of hydrogen-bond donors (Lipinski definition) is 1. The van der Waals surface area contributed by atoms with E-state index in [-0.39, 0.29) is 0 Å². The van der Waals surface area contributed by atoms with Gasteiger partial charge in [-0.1, -0.05) is 44.0 Å². The SMILES string of the molecule is CCN(CC1Cc2ccccc2CN1)C1CCCC1. The van der Waals surface area contributed by atoms with Crippen molar-refractivity contribution in [3.63, 3.8) is 0 Å². The van der Waals surface area contributed by atoms with Crippen LogP contribution in [0.5, 0.6) is 0 Å². The van der Waals surface area contributed by atoms with E-state index in [0.29, 0.717) is 6.04 Å². The highest BCUT2D eigenvalue weighted by molar-refractivity contribution is 5.29. The van der Waals surface area contributed by atoms with Gasteiger partial charge in [0, 0.05) is 25.2 Å². The maximum absolute atomic E-state index is 3.72. The van der Waals surface area contributed by atoms with E-state index in [1.807, 2.05) is 0 Å². The average molecular weight is 258 g/mol. The van der Waals surface area contributed by atoms with E-state index in [0.717, 1.165) is 12.6 Å². The molecule has 1 saturated carbocycles. The Labute approximate surface area is 117 Å². The van der Waals surface area contributed by atoms with Gasteiger partial charge in [0.15, 0.2) is 0 Å². The molecule has 2 aliphatic rings. The molecule has 1 aliphatic heterocycles. The summed E-state index contributed by atoms with van der Waals surface area (Å²) < 4.78 is 0. The number of benzene rings is 1. The Morgan fingerprint density at radius 3 is 2.63 bits per heavy atom. The van der Waals surface area contributed by atoms with Gasteiger partial charge in [0.25, 0.3) is 0 Å². The summed E-state index contributed by atoms with van der Waals surface area (Å²) in [6.07, 6.45) is 6.89. The molecule has 0 amide bonds. The molecule has 1 aromatic rings. The third-order valence-electron chi connectivity index (χ3n) is 4.87. The van der Waals surface area contributed by atoms with Gasteiger partial charge in [0.2, 0.25) is 0 Å². The van der Waals surface area contributed by atoms with Gasteiger partial charge >= 0.3 is 0 Å². The molecule has 1 N–H and O–H groups in total. The van der Waals surface area contributed by atoms with E-state index in [2.05, 4.69) is 41.4 Å². The minimum atomic E-state index is 0.635. The first-order valence-corrected chi connectivity index (χ1v) is 7.91. The molecule has 0 radical (unpaired) electrons. The largest absolute Gasteiger partial charge is 0.308 e. The van der Waals surface area contributed by atoms with Crippen LogP contribution in [0.15, 0.2) is 24.3 Å². The summed E-state index contributed by atoms with van der Waals surface area (Å²) in [5.41, 5.74) is 3.04. The number of nitrogens with one attached hydrogen (secondary N) is 1. The minimum absolute atomic E-state index is 0.635. The van der Waals surface area contributed by atoms with E-state index in [1.54, 1.807) is 5.56 Å². The maximum atomic E-state index is 3.72. The maximum Gasteiger partial charge on any atom is 0.0238 e. The van der Waals surface area contributed by atoms with Crippen LogP contribution in [0.3, 0.4) is 0 Å². The Hall–Kier alpha value is -0.860. The molecule has 1 aromatic carbocycles. The first-order valence-electron chi connectivity index (χ1n) is 7.91. The molecule has 19 heavy (non-hydrogen) atoms. The van der Waals surface area contributed by atoms with Gasteiger partial charge in [0.05, 0.1) is 0 Å². The van der Waals surface area contributed by atoms with Gasteiger partial charge < -0.3 is 5.32 Å². The lowest BCUT2D eigenvalue weighted by Crippen LogP contribution is -2.47. The predicted octanol–water partition coefficient (Wildman–Crippen LogP) is 2.97. The molecule has 0 saturated heterocycles. The van der Waals surface area contributed by atoms with Crippen LogP contribution in [-0.2, 0) is 13.0 Å². The Kier molecular flexibility index (Phi) is 4.19. The average Bonchev–Trinajstić information content (AvgIpc) is 2.98. The first-order chi connectivity index (χ1) is 9.36. The molecule has 1 unspecified atom stereocenters. The fraction of sp³-hybridized carbons (Fsp3) is 0.647. The summed E-state index contributed by atoms with van der Waals surface area (Å²) in [5.74, 6) is 0. The second-order valence-corrected chi connectivity index (χ2v) is 6.08. The molecular formula is C17H26N2. The van der Waals surface area contributed by atoms with Gasteiger partial charge in [-0.25, -0.2) is 0 Å². The van der Waals surface area contributed by atoms with Crippen LogP contribution < -0.4 is 5.32 Å². The van der Waals surface area contributed by atoms with Crippen LogP contribution in [0.25, 0.3) is 0 Å². The summed E-state index contributed by atoms with van der Waals surface area (Å²) in [5, 5.41) is 3.72. The molecule has 0 spiro atoms. The molecule has 1 atom stereocenters. The van der Waals surface area contributed by atoms with Crippen molar-refractivity contribution in [3.05, 3.63) is 35.4 Å². The topological polar surface area (TPSA) is 15.3 Å². The highest BCUT2D eigenvalue weighted by atomic mass is 15.2. The smallest absolute Gasteiger partial charge is 0.0238 e. The molecular weight excluding hydrogens is 232 g/mol. The van der Waals surface area contributed by atoms with Gasteiger partial charge in [-0.15, -0.1) is 0 Å². The second-order valence-electron chi connectivity index (χ2n) is 6.08. The van der Waals surface area contributed by atoms with E-state index in [9.17, 15) is 0 Å². The Balaban J connectivity index is 1.61. The summed E-state index contributed by atoms with van der Waals surface area (Å²) in [7, 11) is 0. The Morgan fingerprint density at radius 1 is 1.16 bits per heavy atom. The summed E-state index contributed by atoms with van der Waals surface area (Å²) in [6, 6.07) is 10.4. The van der Waals surface area contributed by atoms with Crippen molar-refractivity contribution < 1.29 is 0 Å². The van der Waals surface area contributed by atoms with Gasteiger partial charge in [0.1, 0.15) is 0 Å². The minimum Gasteiger partial charge on any atom is -0.308 e. The van der Waals surface area contributed by atoms with Crippen LogP contribution in [0, 0.1) is 0 Å². The molecule has 1 heterocycles. The molecule has 2 nitrogen and oxygen atoms in total. The molecule has 0 bridgehead atoms. The summed E-state index contributed by atoms with van der Waals surface area (Å²) in [4.78, 5) is 2.71. The Bertz CT molecular complexity index is 409. The van der Waals surface area contributed by atoms with Gasteiger partial charge in [-0.3, -0.25) is 4.90 Å². The van der Waals surface area contributed by atoms with Crippen LogP contribution >= 0.6 is 0 Å². The van der Waals surface area contributed by atoms with E-state index >= 15 is 0 Å². The normalized spacial score (nSPS) is 23.8. The van der Waals surface area contributed by atoms with Crippen LogP contribution in [0.4, 0.5) is 0 Å². The number of rotatable bonds is 4. The highest BCUT2D eigenvalue weighted by Crippen LogP contribution is 2.24. The van der Waals surface area contributed by atoms with Gasteiger partial charge in [-0.2, -0.15) is 0 Å². The number of likely N-dealkylation sites (N-methyl/N-ethyl adjacent to an activating group) is 1. The van der Waals surface area contributed by atoms with Crippen LogP contribution in [0.1, 0.15) is 43.7 Å². The van der Waals surface area contributed by atoms with Crippen molar-refractivity contribution in [3.8, 4) is 0 Å². The standard InChI is InChI=1S/C17H26N2/c1-2-19(17-9-5-6-10-17)13-16-11-14-7-3-4-8-15(14)12-18-16/h3-4,7-8,16-18H,2,5-6,9-13H2,1H3. The lowest BCUT2D eigenvalue weighted by Gasteiger charge is -2.34. The second kappa shape index (κ2) is 6.06. The molecule has 1 aliphatic carbocycles. The van der Waals surface area contributed by atoms with E-state index in [1.165, 1.54) is 50.8 Å². The van der Waals surface area contributed by atoms with Crippen molar-refractivity contribution in [2.45, 2.75) is 57.7 Å². The van der Waals surface area contributed by atoms with Crippen molar-refractivity contribution in [1.82, 2.24) is 10.2 Å². The molecule has 2 heteroatoms. The number of nitrogens with zero attached hydrogens (tertiary/aromatic N) is 1. The lowest BCUT2D eigenvalue weighted by atomic mass is 9.95. The van der Waals surface area contributed by atoms with Crippen LogP contribution in [0.2, 0.25) is 0 Å². The third kappa shape index (κ3) is 3.01. The quantitative estimate of drug-likeness (QED) is 0.893. The lowest BCUT2D eigenvalue weighted by molar-refractivity contribution is 0.182. The predicted molar refractivity (Wildman–Crippen MR) is 80.3 cm³/mol. The van der Waals surface area contributed by atoms with Crippen molar-refractivity contribution in [2.24, 2.45) is 0 Å². The molecule has 0 aromatic heterocycles. The summed E-state index contributed by atoms with van der Waals surface area (Å²) in [6.45, 7) is 5.78. The first kappa shape index (κ1) is 13.1. The Morgan fingerprint density at radius 2 is 1.89 bits per heavy atom. The van der Waals surface area contributed by atoms with Crippen LogP contribution in [-0.4, -0.2) is 30.1 Å². The number of hydrogen-bond acceptors (Lipinski definition) is 2. The van der Waals surface area contributed by atoms with Gasteiger partial charge in [-0.05, 0) is 36.9 Å². The number of fused-ring (bicyclic) bond motifs is 1.